The number of hydrogen-bond donors (Lipinski definition) is 2. The number of aryl methyl sites for hydroxylation is 6. The fourth-order valence-corrected chi connectivity index (χ4v) is 10.0. The van der Waals surface area contributed by atoms with Gasteiger partial charge in [0, 0.05) is 97.6 Å². The Balaban J connectivity index is 0.000000161. The van der Waals surface area contributed by atoms with Gasteiger partial charge >= 0.3 is 10.4 Å². The summed E-state index contributed by atoms with van der Waals surface area (Å²) in [6, 6.07) is 25.8. The predicted octanol–water partition coefficient (Wildman–Crippen LogP) is 10.6. The van der Waals surface area contributed by atoms with Gasteiger partial charge in [0.25, 0.3) is 0 Å². The summed E-state index contributed by atoms with van der Waals surface area (Å²) in [5.74, 6) is 0. The van der Waals surface area contributed by atoms with Crippen LogP contribution in [0.3, 0.4) is 0 Å². The molecule has 10 rings (SSSR count). The Morgan fingerprint density at radius 1 is 0.538 bits per heavy atom. The molecule has 13 heteroatoms. The maximum Gasteiger partial charge on any atom is 0.394 e. The van der Waals surface area contributed by atoms with Crippen LogP contribution in [0, 0.1) is 13.8 Å². The Hall–Kier alpha value is -5.11. The number of piperidine rings is 2. The molecule has 0 unspecified atom stereocenters. The van der Waals surface area contributed by atoms with Gasteiger partial charge in [0.1, 0.15) is 0 Å². The van der Waals surface area contributed by atoms with Crippen molar-refractivity contribution in [3.8, 4) is 0 Å². The van der Waals surface area contributed by atoms with Gasteiger partial charge in [-0.25, -0.2) is 0 Å². The zero-order valence-electron chi connectivity index (χ0n) is 36.9. The lowest BCUT2D eigenvalue weighted by atomic mass is 9.88. The number of aromatic nitrogens is 4. The summed E-state index contributed by atoms with van der Waals surface area (Å²) in [5, 5.41) is 1.64. The Morgan fingerprint density at radius 2 is 0.923 bits per heavy atom. The van der Waals surface area contributed by atoms with E-state index in [1.807, 2.05) is 49.3 Å². The first-order valence-corrected chi connectivity index (χ1v) is 24.4. The highest BCUT2D eigenvalue weighted by atomic mass is 35.5. The molecule has 2 aromatic carbocycles. The van der Waals surface area contributed by atoms with E-state index < -0.39 is 10.4 Å². The summed E-state index contributed by atoms with van der Waals surface area (Å²) in [6.07, 6.45) is 20.0. The SMILES string of the molecule is Cc1cncc(CN2CCC(=C3c4ccc(Cl)cc4CCc4cccnc43)CC2)c1.Cc1cncc(CN2CCC(=C3c4ccc(Cl)cc4CCc4cccnc43)CC2)c1.O=S(=O)(O)O. The fraction of sp³-hybridized carbons (Fsp3) is 0.308. The summed E-state index contributed by atoms with van der Waals surface area (Å²) in [7, 11) is -4.67. The summed E-state index contributed by atoms with van der Waals surface area (Å²) in [4.78, 5) is 23.5. The van der Waals surface area contributed by atoms with Crippen LogP contribution in [-0.2, 0) is 49.2 Å². The van der Waals surface area contributed by atoms with Crippen molar-refractivity contribution in [3.63, 3.8) is 0 Å². The molecule has 0 radical (unpaired) electrons. The van der Waals surface area contributed by atoms with Crippen molar-refractivity contribution in [2.45, 2.75) is 78.3 Å². The van der Waals surface area contributed by atoms with Crippen LogP contribution in [0.15, 0.2) is 121 Å². The van der Waals surface area contributed by atoms with Gasteiger partial charge in [-0.1, -0.05) is 70.7 Å². The molecule has 65 heavy (non-hydrogen) atoms. The van der Waals surface area contributed by atoms with Crippen LogP contribution in [0.25, 0.3) is 11.1 Å². The van der Waals surface area contributed by atoms with E-state index >= 15 is 0 Å². The standard InChI is InChI=1S/2C26H26ClN3.H2O4S/c2*1-18-13-19(16-28-15-18)17-30-11-8-20(9-12-30)25-24-7-6-23(27)14-22(24)5-4-21-3-2-10-29-26(21)25;1-5(2,3)4/h2*2-3,6-7,10,13-16H,4-5,8-9,11-12,17H2,1H3;(H2,1,2,3,4). The largest absolute Gasteiger partial charge is 0.394 e. The Morgan fingerprint density at radius 3 is 1.31 bits per heavy atom. The number of rotatable bonds is 4. The highest BCUT2D eigenvalue weighted by Gasteiger charge is 2.27. The van der Waals surface area contributed by atoms with E-state index in [1.165, 1.54) is 89.3 Å². The second-order valence-corrected chi connectivity index (χ2v) is 19.1. The van der Waals surface area contributed by atoms with Crippen molar-refractivity contribution >= 4 is 44.7 Å². The minimum absolute atomic E-state index is 0.818. The lowest BCUT2D eigenvalue weighted by Crippen LogP contribution is -2.30. The van der Waals surface area contributed by atoms with Crippen LogP contribution in [0.5, 0.6) is 0 Å². The summed E-state index contributed by atoms with van der Waals surface area (Å²) in [5.41, 5.74) is 21.2. The van der Waals surface area contributed by atoms with Gasteiger partial charge in [0.05, 0.1) is 11.4 Å². The average molecular weight is 930 g/mol. The average Bonchev–Trinajstić information content (AvgIpc) is 3.54. The molecule has 2 N–H and O–H groups in total. The quantitative estimate of drug-likeness (QED) is 0.165. The van der Waals surface area contributed by atoms with Crippen LogP contribution in [0.1, 0.15) is 92.7 Å². The molecule has 0 bridgehead atoms. The van der Waals surface area contributed by atoms with E-state index in [9.17, 15) is 0 Å². The topological polar surface area (TPSA) is 133 Å². The minimum Gasteiger partial charge on any atom is -0.298 e. The Kier molecular flexibility index (Phi) is 15.0. The molecule has 336 valence electrons. The number of fused-ring (bicyclic) bond motifs is 4. The predicted molar refractivity (Wildman–Crippen MR) is 259 cm³/mol. The number of halogens is 2. The van der Waals surface area contributed by atoms with Gasteiger partial charge in [0.15, 0.2) is 0 Å². The second-order valence-electron chi connectivity index (χ2n) is 17.3. The van der Waals surface area contributed by atoms with E-state index in [2.05, 4.69) is 94.3 Å². The van der Waals surface area contributed by atoms with Crippen LogP contribution >= 0.6 is 23.2 Å². The zero-order chi connectivity index (χ0) is 45.5. The van der Waals surface area contributed by atoms with Gasteiger partial charge in [-0.15, -0.1) is 0 Å². The number of hydrogen-bond acceptors (Lipinski definition) is 8. The molecular weight excluding hydrogens is 876 g/mol. The van der Waals surface area contributed by atoms with Crippen LogP contribution in [0.2, 0.25) is 10.0 Å². The lowest BCUT2D eigenvalue weighted by Gasteiger charge is -2.30. The fourth-order valence-electron chi connectivity index (χ4n) is 9.65. The van der Waals surface area contributed by atoms with Gasteiger partial charge in [-0.05, 0) is 157 Å². The van der Waals surface area contributed by atoms with Gasteiger partial charge < -0.3 is 0 Å². The Labute approximate surface area is 392 Å². The van der Waals surface area contributed by atoms with Crippen molar-refractivity contribution in [1.82, 2.24) is 29.7 Å². The first kappa shape index (κ1) is 46.4. The smallest absolute Gasteiger partial charge is 0.298 e. The van der Waals surface area contributed by atoms with Crippen LogP contribution in [0.4, 0.5) is 0 Å². The normalized spacial score (nSPS) is 16.3. The summed E-state index contributed by atoms with van der Waals surface area (Å²) >= 11 is 12.7. The first-order chi connectivity index (χ1) is 31.3. The van der Waals surface area contributed by atoms with E-state index in [4.69, 9.17) is 50.7 Å². The molecule has 2 saturated heterocycles. The van der Waals surface area contributed by atoms with Crippen molar-refractivity contribution in [2.75, 3.05) is 26.2 Å². The highest BCUT2D eigenvalue weighted by molar-refractivity contribution is 7.79. The molecule has 4 aliphatic rings. The van der Waals surface area contributed by atoms with E-state index in [0.717, 1.165) is 101 Å². The third-order valence-corrected chi connectivity index (χ3v) is 13.0. The summed E-state index contributed by atoms with van der Waals surface area (Å²) < 4.78 is 31.6. The molecule has 10 nitrogen and oxygen atoms in total. The highest BCUT2D eigenvalue weighted by Crippen LogP contribution is 2.40. The number of pyridine rings is 4. The van der Waals surface area contributed by atoms with Gasteiger partial charge in [-0.2, -0.15) is 8.42 Å². The number of nitrogens with zero attached hydrogens (tertiary/aromatic N) is 6. The van der Waals surface area contributed by atoms with Crippen molar-refractivity contribution in [1.29, 1.82) is 0 Å². The van der Waals surface area contributed by atoms with Crippen LogP contribution in [-0.4, -0.2) is 73.4 Å². The van der Waals surface area contributed by atoms with E-state index in [-0.39, 0.29) is 0 Å². The summed E-state index contributed by atoms with van der Waals surface area (Å²) in [6.45, 7) is 10.4. The molecule has 0 atom stereocenters. The molecule has 0 saturated carbocycles. The first-order valence-electron chi connectivity index (χ1n) is 22.2. The van der Waals surface area contributed by atoms with Gasteiger partial charge in [0.2, 0.25) is 0 Å². The molecule has 2 aliphatic carbocycles. The minimum atomic E-state index is -4.67. The number of benzene rings is 2. The van der Waals surface area contributed by atoms with Crippen molar-refractivity contribution in [2.24, 2.45) is 0 Å². The van der Waals surface area contributed by atoms with Crippen molar-refractivity contribution < 1.29 is 17.5 Å². The van der Waals surface area contributed by atoms with E-state index in [0.29, 0.717) is 0 Å². The third kappa shape index (κ3) is 12.2. The molecule has 2 fully saturated rings. The zero-order valence-corrected chi connectivity index (χ0v) is 39.2. The lowest BCUT2D eigenvalue weighted by molar-refractivity contribution is 0.248. The van der Waals surface area contributed by atoms with E-state index in [1.54, 1.807) is 0 Å². The molecule has 0 amide bonds. The Bertz CT molecular complexity index is 2660. The number of likely N-dealkylation sites (tertiary alicyclic amines) is 2. The monoisotopic (exact) mass is 928 g/mol. The molecule has 4 aromatic heterocycles. The molecular formula is C52H54Cl2N6O4S. The van der Waals surface area contributed by atoms with Gasteiger partial charge in [-0.3, -0.25) is 38.8 Å². The van der Waals surface area contributed by atoms with Crippen LogP contribution < -0.4 is 0 Å². The van der Waals surface area contributed by atoms with Crippen molar-refractivity contribution in [3.05, 3.63) is 198 Å². The molecule has 6 aromatic rings. The second kappa shape index (κ2) is 21.0. The molecule has 2 aliphatic heterocycles. The maximum atomic E-state index is 8.74. The maximum absolute atomic E-state index is 8.74. The third-order valence-electron chi connectivity index (χ3n) is 12.6. The molecule has 0 spiro atoms. The molecule has 6 heterocycles.